The topological polar surface area (TPSA) is 126 Å². The quantitative estimate of drug-likeness (QED) is 0.237. The maximum atomic E-state index is 11.4. The zero-order chi connectivity index (χ0) is 26.0. The fourth-order valence-electron chi connectivity index (χ4n) is 3.85. The largest absolute Gasteiger partial charge is 2.00 e. The first-order valence-corrected chi connectivity index (χ1v) is 14.6. The molecule has 38 heavy (non-hydrogen) atoms. The van der Waals surface area contributed by atoms with Crippen LogP contribution in [-0.4, -0.2) is 46.1 Å². The average Bonchev–Trinajstić information content (AvgIpc) is 2.87. The van der Waals surface area contributed by atoms with E-state index in [0.29, 0.717) is 11.1 Å². The Labute approximate surface area is 256 Å². The van der Waals surface area contributed by atoms with Crippen LogP contribution in [-0.2, 0) is 22.0 Å². The van der Waals surface area contributed by atoms with Gasteiger partial charge in [0.1, 0.15) is 0 Å². The van der Waals surface area contributed by atoms with Crippen molar-refractivity contribution in [1.29, 1.82) is 0 Å². The molecule has 2 atom stereocenters. The zero-order valence-electron chi connectivity index (χ0n) is 20.9. The number of benzene rings is 4. The van der Waals surface area contributed by atoms with E-state index in [1.165, 1.54) is 0 Å². The minimum atomic E-state index is -4.66. The molecule has 10 heteroatoms. The summed E-state index contributed by atoms with van der Waals surface area (Å²) in [6.45, 7) is 0. The molecular formula is C28H26Mg2O6P2. The van der Waals surface area contributed by atoms with Crippen molar-refractivity contribution in [2.75, 3.05) is 0 Å². The van der Waals surface area contributed by atoms with Crippen molar-refractivity contribution in [2.45, 2.75) is 24.2 Å². The Hall–Kier alpha value is -1.29. The van der Waals surface area contributed by atoms with Crippen molar-refractivity contribution in [3.63, 3.8) is 0 Å². The van der Waals surface area contributed by atoms with Crippen LogP contribution < -0.4 is 19.6 Å². The summed E-state index contributed by atoms with van der Waals surface area (Å²) in [5.41, 5.74) is 0.795. The minimum Gasteiger partial charge on any atom is -0.810 e. The van der Waals surface area contributed by atoms with Crippen LogP contribution in [0, 0.1) is 0 Å². The molecule has 188 valence electrons. The molecule has 0 radical (unpaired) electrons. The molecule has 0 spiro atoms. The molecule has 0 N–H and O–H groups in total. The summed E-state index contributed by atoms with van der Waals surface area (Å²) in [4.78, 5) is 45.6. The SMILES string of the molecule is O=P([O-])([O-])C(Cc1ccccc1)c1ccccc1.O=P([O-])([O-])C(Cc1ccccc1)c1ccccc1.[Mg+2].[Mg+2]. The van der Waals surface area contributed by atoms with Gasteiger partial charge in [-0.3, -0.25) is 0 Å². The van der Waals surface area contributed by atoms with Gasteiger partial charge in [0.15, 0.2) is 0 Å². The summed E-state index contributed by atoms with van der Waals surface area (Å²) >= 11 is 0. The number of rotatable bonds is 8. The third-order valence-electron chi connectivity index (χ3n) is 5.68. The van der Waals surface area contributed by atoms with Gasteiger partial charge < -0.3 is 28.7 Å². The number of hydrogen-bond donors (Lipinski definition) is 0. The summed E-state index contributed by atoms with van der Waals surface area (Å²) < 4.78 is 22.8. The Balaban J connectivity index is 0.000000361. The van der Waals surface area contributed by atoms with Crippen LogP contribution in [0.2, 0.25) is 0 Å². The van der Waals surface area contributed by atoms with E-state index in [0.717, 1.165) is 11.1 Å². The fraction of sp³-hybridized carbons (Fsp3) is 0.143. The van der Waals surface area contributed by atoms with Crippen LogP contribution in [0.1, 0.15) is 33.6 Å². The molecule has 6 nitrogen and oxygen atoms in total. The van der Waals surface area contributed by atoms with Gasteiger partial charge in [-0.1, -0.05) is 137 Å². The molecule has 0 aliphatic rings. The van der Waals surface area contributed by atoms with Gasteiger partial charge in [-0.05, 0) is 35.1 Å². The Morgan fingerprint density at radius 2 is 0.684 bits per heavy atom. The Morgan fingerprint density at radius 3 is 0.921 bits per heavy atom. The van der Waals surface area contributed by atoms with Crippen LogP contribution in [0.3, 0.4) is 0 Å². The first-order valence-electron chi connectivity index (χ1n) is 11.4. The smallest absolute Gasteiger partial charge is 0.810 e. The van der Waals surface area contributed by atoms with Gasteiger partial charge in [-0.15, -0.1) is 0 Å². The zero-order valence-corrected chi connectivity index (χ0v) is 25.5. The molecule has 0 saturated heterocycles. The van der Waals surface area contributed by atoms with Crippen LogP contribution >= 0.6 is 15.2 Å². The molecule has 0 heterocycles. The molecule has 2 unspecified atom stereocenters. The molecule has 4 aromatic carbocycles. The van der Waals surface area contributed by atoms with Crippen LogP contribution in [0.25, 0.3) is 0 Å². The molecule has 4 aromatic rings. The van der Waals surface area contributed by atoms with E-state index in [2.05, 4.69) is 0 Å². The van der Waals surface area contributed by atoms with Crippen LogP contribution in [0.5, 0.6) is 0 Å². The van der Waals surface area contributed by atoms with Gasteiger partial charge in [0.05, 0.1) is 0 Å². The summed E-state index contributed by atoms with van der Waals surface area (Å²) in [6, 6.07) is 35.6. The van der Waals surface area contributed by atoms with Gasteiger partial charge in [0.2, 0.25) is 0 Å². The summed E-state index contributed by atoms with van der Waals surface area (Å²) in [6.07, 6.45) is 0.435. The van der Waals surface area contributed by atoms with E-state index < -0.39 is 26.5 Å². The molecule has 0 aliphatic carbocycles. The molecule has 0 aromatic heterocycles. The van der Waals surface area contributed by atoms with Gasteiger partial charge >= 0.3 is 46.1 Å². The summed E-state index contributed by atoms with van der Waals surface area (Å²) in [5.74, 6) is 0. The second-order valence-electron chi connectivity index (χ2n) is 8.31. The Bertz CT molecular complexity index is 1180. The van der Waals surface area contributed by atoms with E-state index in [9.17, 15) is 28.7 Å². The van der Waals surface area contributed by atoms with Crippen LogP contribution in [0.15, 0.2) is 121 Å². The van der Waals surface area contributed by atoms with Gasteiger partial charge in [0, 0.05) is 11.3 Å². The van der Waals surface area contributed by atoms with E-state index in [1.54, 1.807) is 60.7 Å². The third-order valence-corrected chi connectivity index (χ3v) is 8.16. The van der Waals surface area contributed by atoms with Gasteiger partial charge in [-0.25, -0.2) is 0 Å². The molecule has 0 fully saturated rings. The first-order chi connectivity index (χ1) is 17.1. The first kappa shape index (κ1) is 34.7. The Kier molecular flexibility index (Phi) is 15.3. The second-order valence-corrected chi connectivity index (χ2v) is 11.7. The molecule has 0 amide bonds. The molecule has 0 saturated carbocycles. The van der Waals surface area contributed by atoms with E-state index in [4.69, 9.17) is 0 Å². The van der Waals surface area contributed by atoms with E-state index in [-0.39, 0.29) is 58.9 Å². The Morgan fingerprint density at radius 1 is 0.447 bits per heavy atom. The van der Waals surface area contributed by atoms with Crippen molar-refractivity contribution >= 4 is 61.3 Å². The van der Waals surface area contributed by atoms with E-state index >= 15 is 0 Å². The van der Waals surface area contributed by atoms with Gasteiger partial charge in [0.25, 0.3) is 0 Å². The molecule has 0 aliphatic heterocycles. The maximum Gasteiger partial charge on any atom is 2.00 e. The second kappa shape index (κ2) is 16.7. The average molecular weight is 569 g/mol. The standard InChI is InChI=1S/2C14H15O3P.2Mg/c2*15-18(16,17)14(13-9-5-2-6-10-13)11-12-7-3-1-4-8-12;;/h2*1-10,14H,11H2,(H2,15,16,17);;/q;;2*+2/p-4. The monoisotopic (exact) mass is 568 g/mol. The van der Waals surface area contributed by atoms with Crippen molar-refractivity contribution in [3.8, 4) is 0 Å². The molecule has 0 bridgehead atoms. The van der Waals surface area contributed by atoms with Crippen molar-refractivity contribution in [3.05, 3.63) is 144 Å². The van der Waals surface area contributed by atoms with E-state index in [1.807, 2.05) is 60.7 Å². The number of hydrogen-bond acceptors (Lipinski definition) is 6. The normalized spacial score (nSPS) is 12.5. The predicted molar refractivity (Wildman–Crippen MR) is 145 cm³/mol. The predicted octanol–water partition coefficient (Wildman–Crippen LogP) is 3.01. The van der Waals surface area contributed by atoms with Gasteiger partial charge in [-0.2, -0.15) is 0 Å². The minimum absolute atomic E-state index is 0. The summed E-state index contributed by atoms with van der Waals surface area (Å²) in [5, 5.41) is 0. The maximum absolute atomic E-state index is 11.4. The fourth-order valence-corrected chi connectivity index (χ4v) is 5.79. The van der Waals surface area contributed by atoms with Crippen molar-refractivity contribution in [1.82, 2.24) is 0 Å². The third kappa shape index (κ3) is 11.4. The van der Waals surface area contributed by atoms with Crippen LogP contribution in [0.4, 0.5) is 0 Å². The molecule has 4 rings (SSSR count). The summed E-state index contributed by atoms with van der Waals surface area (Å²) in [7, 11) is -9.33. The van der Waals surface area contributed by atoms with Crippen molar-refractivity contribution < 1.29 is 28.7 Å². The molecular weight excluding hydrogens is 543 g/mol. The van der Waals surface area contributed by atoms with Crippen molar-refractivity contribution in [2.24, 2.45) is 0 Å².